The lowest BCUT2D eigenvalue weighted by atomic mass is 9.96. The van der Waals surface area contributed by atoms with Crippen molar-refractivity contribution in [2.24, 2.45) is 0 Å². The molecule has 0 fully saturated rings. The Kier molecular flexibility index (Phi) is 4.09. The molecule has 0 aromatic carbocycles. The van der Waals surface area contributed by atoms with Crippen LogP contribution in [-0.2, 0) is 12.0 Å². The number of hydrogen-bond donors (Lipinski definition) is 1. The molecule has 2 heterocycles. The number of aromatic nitrogens is 4. The lowest BCUT2D eigenvalue weighted by Crippen LogP contribution is -2.17. The van der Waals surface area contributed by atoms with Gasteiger partial charge in [0, 0.05) is 17.7 Å². The SMILES string of the molecule is CC(C)(C)c1nc(Br)cc(NCc2cccnn2)n1. The lowest BCUT2D eigenvalue weighted by molar-refractivity contribution is 0.544. The average Bonchev–Trinajstić information content (AvgIpc) is 2.36. The summed E-state index contributed by atoms with van der Waals surface area (Å²) < 4.78 is 0.772. The molecule has 1 N–H and O–H groups in total. The number of rotatable bonds is 3. The number of hydrogen-bond acceptors (Lipinski definition) is 5. The van der Waals surface area contributed by atoms with Crippen LogP contribution in [0.5, 0.6) is 0 Å². The van der Waals surface area contributed by atoms with Crippen molar-refractivity contribution >= 4 is 21.7 Å². The van der Waals surface area contributed by atoms with Gasteiger partial charge in [0.1, 0.15) is 16.2 Å². The van der Waals surface area contributed by atoms with Crippen LogP contribution in [-0.4, -0.2) is 20.2 Å². The molecule has 0 aliphatic carbocycles. The van der Waals surface area contributed by atoms with Gasteiger partial charge in [-0.1, -0.05) is 20.8 Å². The van der Waals surface area contributed by atoms with Crippen LogP contribution < -0.4 is 5.32 Å². The molecule has 0 aliphatic heterocycles. The predicted octanol–water partition coefficient (Wildman–Crippen LogP) is 2.94. The molecule has 0 amide bonds. The van der Waals surface area contributed by atoms with Crippen LogP contribution in [0.15, 0.2) is 29.0 Å². The van der Waals surface area contributed by atoms with Crippen molar-refractivity contribution in [2.75, 3.05) is 5.32 Å². The summed E-state index contributed by atoms with van der Waals surface area (Å²) in [5.74, 6) is 1.57. The van der Waals surface area contributed by atoms with E-state index in [1.807, 2.05) is 18.2 Å². The lowest BCUT2D eigenvalue weighted by Gasteiger charge is -2.17. The highest BCUT2D eigenvalue weighted by Gasteiger charge is 2.18. The second-order valence-corrected chi connectivity index (χ2v) is 6.03. The molecule has 6 heteroatoms. The Hall–Kier alpha value is -1.56. The molecule has 19 heavy (non-hydrogen) atoms. The molecular weight excluding hydrogens is 306 g/mol. The topological polar surface area (TPSA) is 63.6 Å². The third-order valence-corrected chi connectivity index (χ3v) is 2.85. The van der Waals surface area contributed by atoms with Crippen molar-refractivity contribution in [1.29, 1.82) is 0 Å². The van der Waals surface area contributed by atoms with E-state index in [-0.39, 0.29) is 5.41 Å². The van der Waals surface area contributed by atoms with Crippen LogP contribution >= 0.6 is 15.9 Å². The maximum Gasteiger partial charge on any atom is 0.137 e. The monoisotopic (exact) mass is 321 g/mol. The van der Waals surface area contributed by atoms with Crippen LogP contribution in [0, 0.1) is 0 Å². The van der Waals surface area contributed by atoms with Gasteiger partial charge in [0.2, 0.25) is 0 Å². The number of nitrogens with one attached hydrogen (secondary N) is 1. The summed E-state index contributed by atoms with van der Waals surface area (Å²) >= 11 is 3.41. The second-order valence-electron chi connectivity index (χ2n) is 5.22. The Balaban J connectivity index is 2.15. The highest BCUT2D eigenvalue weighted by Crippen LogP contribution is 2.22. The van der Waals surface area contributed by atoms with Crippen molar-refractivity contribution in [1.82, 2.24) is 20.2 Å². The van der Waals surface area contributed by atoms with Gasteiger partial charge < -0.3 is 5.32 Å². The molecule has 0 unspecified atom stereocenters. The van der Waals surface area contributed by atoms with E-state index in [0.717, 1.165) is 21.9 Å². The van der Waals surface area contributed by atoms with Crippen molar-refractivity contribution in [2.45, 2.75) is 32.7 Å². The summed E-state index contributed by atoms with van der Waals surface area (Å²) in [4.78, 5) is 8.92. The van der Waals surface area contributed by atoms with Crippen LogP contribution in [0.1, 0.15) is 32.3 Å². The van der Waals surface area contributed by atoms with E-state index in [1.165, 1.54) is 0 Å². The largest absolute Gasteiger partial charge is 0.364 e. The summed E-state index contributed by atoms with van der Waals surface area (Å²) in [5.41, 5.74) is 0.779. The van der Waals surface area contributed by atoms with Gasteiger partial charge in [0.25, 0.3) is 0 Å². The van der Waals surface area contributed by atoms with Crippen LogP contribution in [0.2, 0.25) is 0 Å². The van der Waals surface area contributed by atoms with Crippen molar-refractivity contribution < 1.29 is 0 Å². The fourth-order valence-corrected chi connectivity index (χ4v) is 1.84. The standard InChI is InChI=1S/C13H16BrN5/c1-13(2,3)12-17-10(14)7-11(18-12)15-8-9-5-4-6-16-19-9/h4-7H,8H2,1-3H3,(H,15,17,18). The molecule has 0 saturated carbocycles. The zero-order chi connectivity index (χ0) is 13.9. The molecule has 0 bridgehead atoms. The normalized spacial score (nSPS) is 11.4. The summed E-state index contributed by atoms with van der Waals surface area (Å²) in [6.45, 7) is 6.84. The van der Waals surface area contributed by atoms with Crippen LogP contribution in [0.25, 0.3) is 0 Å². The summed E-state index contributed by atoms with van der Waals surface area (Å²) in [6.07, 6.45) is 1.66. The van der Waals surface area contributed by atoms with E-state index >= 15 is 0 Å². The minimum atomic E-state index is -0.0905. The fourth-order valence-electron chi connectivity index (χ4n) is 1.45. The van der Waals surface area contributed by atoms with Gasteiger partial charge in [-0.15, -0.1) is 0 Å². The van der Waals surface area contributed by atoms with Gasteiger partial charge in [-0.05, 0) is 28.1 Å². The van der Waals surface area contributed by atoms with Crippen LogP contribution in [0.4, 0.5) is 5.82 Å². The van der Waals surface area contributed by atoms with Gasteiger partial charge in [-0.3, -0.25) is 0 Å². The van der Waals surface area contributed by atoms with E-state index in [9.17, 15) is 0 Å². The molecule has 0 spiro atoms. The molecule has 0 atom stereocenters. The maximum absolute atomic E-state index is 4.52. The number of halogens is 1. The quantitative estimate of drug-likeness (QED) is 0.880. The summed E-state index contributed by atoms with van der Waals surface area (Å²) in [6, 6.07) is 5.63. The smallest absolute Gasteiger partial charge is 0.137 e. The first-order valence-corrected chi connectivity index (χ1v) is 6.80. The average molecular weight is 322 g/mol. The zero-order valence-corrected chi connectivity index (χ0v) is 12.8. The van der Waals surface area contributed by atoms with Gasteiger partial charge in [0.05, 0.1) is 12.2 Å². The van der Waals surface area contributed by atoms with E-state index in [1.54, 1.807) is 6.20 Å². The van der Waals surface area contributed by atoms with Gasteiger partial charge in [-0.25, -0.2) is 9.97 Å². The minimum absolute atomic E-state index is 0.0905. The minimum Gasteiger partial charge on any atom is -0.364 e. The van der Waals surface area contributed by atoms with E-state index in [0.29, 0.717) is 6.54 Å². The van der Waals surface area contributed by atoms with E-state index < -0.39 is 0 Å². The van der Waals surface area contributed by atoms with Gasteiger partial charge >= 0.3 is 0 Å². The van der Waals surface area contributed by atoms with Crippen molar-refractivity contribution in [3.8, 4) is 0 Å². The summed E-state index contributed by atoms with van der Waals surface area (Å²) in [5, 5.41) is 11.1. The third kappa shape index (κ3) is 3.96. The molecule has 2 aromatic heterocycles. The van der Waals surface area contributed by atoms with Crippen molar-refractivity contribution in [3.05, 3.63) is 40.5 Å². The highest BCUT2D eigenvalue weighted by molar-refractivity contribution is 9.10. The second kappa shape index (κ2) is 5.61. The zero-order valence-electron chi connectivity index (χ0n) is 11.2. The molecular formula is C13H16BrN5. The van der Waals surface area contributed by atoms with Crippen molar-refractivity contribution in [3.63, 3.8) is 0 Å². The molecule has 0 radical (unpaired) electrons. The molecule has 2 aromatic rings. The predicted molar refractivity (Wildman–Crippen MR) is 77.8 cm³/mol. The Labute approximate surface area is 121 Å². The molecule has 0 saturated heterocycles. The Morgan fingerprint density at radius 1 is 1.26 bits per heavy atom. The number of anilines is 1. The molecule has 2 rings (SSSR count). The summed E-state index contributed by atoms with van der Waals surface area (Å²) in [7, 11) is 0. The fraction of sp³-hybridized carbons (Fsp3) is 0.385. The number of nitrogens with zero attached hydrogens (tertiary/aromatic N) is 4. The Morgan fingerprint density at radius 3 is 2.68 bits per heavy atom. The first-order chi connectivity index (χ1) is 8.95. The van der Waals surface area contributed by atoms with E-state index in [2.05, 4.69) is 62.2 Å². The van der Waals surface area contributed by atoms with Gasteiger partial charge in [-0.2, -0.15) is 10.2 Å². The molecule has 0 aliphatic rings. The first kappa shape index (κ1) is 13.9. The first-order valence-electron chi connectivity index (χ1n) is 6.01. The Bertz CT molecular complexity index is 551. The maximum atomic E-state index is 4.52. The Morgan fingerprint density at radius 2 is 2.05 bits per heavy atom. The highest BCUT2D eigenvalue weighted by atomic mass is 79.9. The van der Waals surface area contributed by atoms with Crippen LogP contribution in [0.3, 0.4) is 0 Å². The molecule has 5 nitrogen and oxygen atoms in total. The van der Waals surface area contributed by atoms with E-state index in [4.69, 9.17) is 0 Å². The van der Waals surface area contributed by atoms with Gasteiger partial charge in [0.15, 0.2) is 0 Å². The third-order valence-electron chi connectivity index (χ3n) is 2.44. The molecule has 100 valence electrons.